The first-order valence-electron chi connectivity index (χ1n) is 7.57. The van der Waals surface area contributed by atoms with Gasteiger partial charge in [0.1, 0.15) is 6.54 Å². The number of likely N-dealkylation sites (tertiary alicyclic amines) is 1. The number of nitrogens with one attached hydrogen (secondary N) is 1. The number of benzene rings is 1. The maximum Gasteiger partial charge on any atom is 0.240 e. The van der Waals surface area contributed by atoms with E-state index in [1.54, 1.807) is 0 Å². The lowest BCUT2D eigenvalue weighted by Crippen LogP contribution is -2.47. The summed E-state index contributed by atoms with van der Waals surface area (Å²) in [6.07, 6.45) is 2.75. The van der Waals surface area contributed by atoms with Crippen molar-refractivity contribution >= 4 is 44.8 Å². The van der Waals surface area contributed by atoms with Crippen molar-refractivity contribution in [1.82, 2.24) is 10.2 Å². The summed E-state index contributed by atoms with van der Waals surface area (Å²) in [6.45, 7) is 1.51. The van der Waals surface area contributed by atoms with Crippen LogP contribution in [0.15, 0.2) is 18.2 Å². The summed E-state index contributed by atoms with van der Waals surface area (Å²) >= 11 is 11.9. The lowest BCUT2D eigenvalue weighted by Gasteiger charge is -2.30. The average Bonchev–Trinajstić information content (AvgIpc) is 2.45. The Morgan fingerprint density at radius 1 is 1.25 bits per heavy atom. The number of amides is 1. The van der Waals surface area contributed by atoms with E-state index in [2.05, 4.69) is 10.2 Å². The molecule has 1 saturated heterocycles. The van der Waals surface area contributed by atoms with Crippen molar-refractivity contribution in [2.24, 2.45) is 0 Å². The van der Waals surface area contributed by atoms with Crippen molar-refractivity contribution in [3.8, 4) is 0 Å². The third-order valence-corrected chi connectivity index (χ3v) is 5.48. The molecule has 24 heavy (non-hydrogen) atoms. The quantitative estimate of drug-likeness (QED) is 0.829. The van der Waals surface area contributed by atoms with E-state index in [0.717, 1.165) is 36.5 Å². The molecule has 1 aliphatic heterocycles. The molecule has 0 aromatic heterocycles. The second kappa shape index (κ2) is 7.91. The van der Waals surface area contributed by atoms with E-state index in [-0.39, 0.29) is 24.2 Å². The van der Waals surface area contributed by atoms with Crippen LogP contribution in [0.2, 0.25) is 10.0 Å². The average molecular weight is 394 g/mol. The van der Waals surface area contributed by atoms with Gasteiger partial charge in [0.2, 0.25) is 15.9 Å². The first kappa shape index (κ1) is 19.3. The highest BCUT2D eigenvalue weighted by atomic mass is 35.5. The first-order valence-corrected chi connectivity index (χ1v) is 10.2. The van der Waals surface area contributed by atoms with Crippen LogP contribution in [0, 0.1) is 0 Å². The van der Waals surface area contributed by atoms with Crippen molar-refractivity contribution in [3.05, 3.63) is 28.2 Å². The van der Waals surface area contributed by atoms with E-state index in [1.807, 2.05) is 7.05 Å². The van der Waals surface area contributed by atoms with E-state index >= 15 is 0 Å². The van der Waals surface area contributed by atoms with Crippen molar-refractivity contribution < 1.29 is 13.2 Å². The predicted octanol–water partition coefficient (Wildman–Crippen LogP) is 1.97. The number of sulfonamides is 1. The molecule has 1 N–H and O–H groups in total. The van der Waals surface area contributed by atoms with Crippen LogP contribution in [-0.4, -0.2) is 58.2 Å². The van der Waals surface area contributed by atoms with Gasteiger partial charge in [-0.25, -0.2) is 8.42 Å². The monoisotopic (exact) mass is 393 g/mol. The minimum atomic E-state index is -3.65. The highest BCUT2D eigenvalue weighted by Gasteiger charge is 2.24. The molecule has 1 amide bonds. The molecular weight excluding hydrogens is 373 g/mol. The van der Waals surface area contributed by atoms with Gasteiger partial charge in [0.15, 0.2) is 0 Å². The molecule has 1 heterocycles. The number of hydrogen-bond acceptors (Lipinski definition) is 4. The van der Waals surface area contributed by atoms with Crippen LogP contribution in [0.4, 0.5) is 5.69 Å². The number of piperidine rings is 1. The van der Waals surface area contributed by atoms with E-state index in [9.17, 15) is 13.2 Å². The molecule has 1 aromatic rings. The molecule has 0 saturated carbocycles. The summed E-state index contributed by atoms with van der Waals surface area (Å²) in [6, 6.07) is 4.51. The fraction of sp³-hybridized carbons (Fsp3) is 0.533. The Labute approximate surface area is 152 Å². The Kier molecular flexibility index (Phi) is 6.36. The standard InChI is InChI=1S/C15H21Cl2N3O3S/c1-19-5-3-13(4-6-19)18-15(21)10-20(24(2,22)23)14-8-11(16)7-12(17)9-14/h7-9,13H,3-6,10H2,1-2H3,(H,18,21). The van der Waals surface area contributed by atoms with Gasteiger partial charge in [0.05, 0.1) is 11.9 Å². The van der Waals surface area contributed by atoms with Gasteiger partial charge in [-0.3, -0.25) is 9.10 Å². The Balaban J connectivity index is 2.10. The van der Waals surface area contributed by atoms with E-state index in [1.165, 1.54) is 18.2 Å². The number of anilines is 1. The normalized spacial score (nSPS) is 16.8. The molecule has 0 aliphatic carbocycles. The minimum absolute atomic E-state index is 0.0676. The number of carbonyl (C=O) groups is 1. The topological polar surface area (TPSA) is 69.7 Å². The molecule has 2 rings (SSSR count). The van der Waals surface area contributed by atoms with Crippen LogP contribution in [0.25, 0.3) is 0 Å². The zero-order chi connectivity index (χ0) is 17.9. The Hall–Kier alpha value is -1.02. The van der Waals surface area contributed by atoms with Crippen LogP contribution in [0.3, 0.4) is 0 Å². The highest BCUT2D eigenvalue weighted by Crippen LogP contribution is 2.26. The van der Waals surface area contributed by atoms with Crippen molar-refractivity contribution in [1.29, 1.82) is 0 Å². The third-order valence-electron chi connectivity index (χ3n) is 3.91. The molecule has 134 valence electrons. The van der Waals surface area contributed by atoms with Gasteiger partial charge in [0.25, 0.3) is 0 Å². The summed E-state index contributed by atoms with van der Waals surface area (Å²) in [7, 11) is -1.62. The lowest BCUT2D eigenvalue weighted by molar-refractivity contribution is -0.120. The van der Waals surface area contributed by atoms with Crippen LogP contribution in [-0.2, 0) is 14.8 Å². The molecule has 1 aromatic carbocycles. The largest absolute Gasteiger partial charge is 0.352 e. The second-order valence-corrected chi connectivity index (χ2v) is 8.82. The smallest absolute Gasteiger partial charge is 0.240 e. The first-order chi connectivity index (χ1) is 11.1. The van der Waals surface area contributed by atoms with Crippen LogP contribution < -0.4 is 9.62 Å². The highest BCUT2D eigenvalue weighted by molar-refractivity contribution is 7.92. The van der Waals surface area contributed by atoms with E-state index in [0.29, 0.717) is 10.0 Å². The summed E-state index contributed by atoms with van der Waals surface area (Å²) in [4.78, 5) is 14.5. The number of rotatable bonds is 5. The number of hydrogen-bond donors (Lipinski definition) is 1. The molecule has 9 heteroatoms. The predicted molar refractivity (Wildman–Crippen MR) is 97.3 cm³/mol. The number of nitrogens with zero attached hydrogens (tertiary/aromatic N) is 2. The van der Waals surface area contributed by atoms with Gasteiger partial charge < -0.3 is 10.2 Å². The number of carbonyl (C=O) groups excluding carboxylic acids is 1. The molecule has 1 aliphatic rings. The second-order valence-electron chi connectivity index (χ2n) is 6.04. The molecular formula is C15H21Cl2N3O3S. The SMILES string of the molecule is CN1CCC(NC(=O)CN(c2cc(Cl)cc(Cl)c2)S(C)(=O)=O)CC1. The Morgan fingerprint density at radius 3 is 2.29 bits per heavy atom. The summed E-state index contributed by atoms with van der Waals surface area (Å²) in [5.74, 6) is -0.342. The fourth-order valence-corrected chi connectivity index (χ4v) is 3.99. The van der Waals surface area contributed by atoms with Crippen LogP contribution in [0.5, 0.6) is 0 Å². The molecule has 0 unspecified atom stereocenters. The van der Waals surface area contributed by atoms with Gasteiger partial charge >= 0.3 is 0 Å². The Morgan fingerprint density at radius 2 is 1.79 bits per heavy atom. The van der Waals surface area contributed by atoms with Gasteiger partial charge in [-0.2, -0.15) is 0 Å². The molecule has 0 spiro atoms. The van der Waals surface area contributed by atoms with Crippen LogP contribution in [0.1, 0.15) is 12.8 Å². The molecule has 0 atom stereocenters. The van der Waals surface area contributed by atoms with Crippen molar-refractivity contribution in [2.75, 3.05) is 37.2 Å². The third kappa shape index (κ3) is 5.51. The minimum Gasteiger partial charge on any atom is -0.352 e. The van der Waals surface area contributed by atoms with Crippen molar-refractivity contribution in [2.45, 2.75) is 18.9 Å². The van der Waals surface area contributed by atoms with Crippen LogP contribution >= 0.6 is 23.2 Å². The zero-order valence-electron chi connectivity index (χ0n) is 13.6. The van der Waals surface area contributed by atoms with E-state index in [4.69, 9.17) is 23.2 Å². The fourth-order valence-electron chi connectivity index (χ4n) is 2.64. The summed E-state index contributed by atoms with van der Waals surface area (Å²) in [5.41, 5.74) is 0.272. The van der Waals surface area contributed by atoms with Gasteiger partial charge in [-0.05, 0) is 51.2 Å². The van der Waals surface area contributed by atoms with Gasteiger partial charge in [-0.15, -0.1) is 0 Å². The zero-order valence-corrected chi connectivity index (χ0v) is 16.0. The lowest BCUT2D eigenvalue weighted by atomic mass is 10.1. The summed E-state index contributed by atoms with van der Waals surface area (Å²) in [5, 5.41) is 3.52. The molecule has 6 nitrogen and oxygen atoms in total. The summed E-state index contributed by atoms with van der Waals surface area (Å²) < 4.78 is 25.2. The Bertz CT molecular complexity index is 684. The van der Waals surface area contributed by atoms with E-state index < -0.39 is 10.0 Å². The maximum atomic E-state index is 12.3. The molecule has 1 fully saturated rings. The number of halogens is 2. The molecule has 0 radical (unpaired) electrons. The van der Waals surface area contributed by atoms with Gasteiger partial charge in [0, 0.05) is 16.1 Å². The van der Waals surface area contributed by atoms with Gasteiger partial charge in [-0.1, -0.05) is 23.2 Å². The molecule has 0 bridgehead atoms. The van der Waals surface area contributed by atoms with Crippen molar-refractivity contribution in [3.63, 3.8) is 0 Å². The maximum absolute atomic E-state index is 12.3.